The van der Waals surface area contributed by atoms with Gasteiger partial charge in [0.25, 0.3) is 0 Å². The van der Waals surface area contributed by atoms with E-state index in [0.29, 0.717) is 17.3 Å². The van der Waals surface area contributed by atoms with E-state index in [1.807, 2.05) is 13.1 Å². The molecule has 4 nitrogen and oxygen atoms in total. The predicted molar refractivity (Wildman–Crippen MR) is 79.9 cm³/mol. The van der Waals surface area contributed by atoms with Crippen LogP contribution in [0.4, 0.5) is 0 Å². The number of thioether (sulfide) groups is 1. The summed E-state index contributed by atoms with van der Waals surface area (Å²) in [5.74, 6) is 1.08. The van der Waals surface area contributed by atoms with E-state index < -0.39 is 10.0 Å². The van der Waals surface area contributed by atoms with Crippen LogP contribution >= 0.6 is 23.1 Å². The Morgan fingerprint density at radius 3 is 2.78 bits per heavy atom. The lowest BCUT2D eigenvalue weighted by Gasteiger charge is -2.04. The molecule has 104 valence electrons. The highest BCUT2D eigenvalue weighted by atomic mass is 32.2. The average molecular weight is 308 g/mol. The molecule has 0 aliphatic heterocycles. The van der Waals surface area contributed by atoms with Gasteiger partial charge in [0, 0.05) is 18.0 Å². The van der Waals surface area contributed by atoms with Crippen molar-refractivity contribution in [1.82, 2.24) is 10.0 Å². The van der Waals surface area contributed by atoms with Crippen LogP contribution in [0.3, 0.4) is 0 Å². The van der Waals surface area contributed by atoms with Crippen LogP contribution in [0.5, 0.6) is 0 Å². The van der Waals surface area contributed by atoms with Crippen molar-refractivity contribution in [2.75, 3.05) is 25.6 Å². The SMILES string of the molecule is CNCc1ccc(S(=O)(=O)NCCCCSC)s1. The molecule has 0 aliphatic carbocycles. The predicted octanol–water partition coefficient (Wildman–Crippen LogP) is 1.89. The molecule has 1 aromatic heterocycles. The van der Waals surface area contributed by atoms with Crippen molar-refractivity contribution < 1.29 is 8.42 Å². The van der Waals surface area contributed by atoms with Crippen molar-refractivity contribution in [3.8, 4) is 0 Å². The van der Waals surface area contributed by atoms with Crippen LogP contribution in [-0.4, -0.2) is 34.0 Å². The summed E-state index contributed by atoms with van der Waals surface area (Å²) in [7, 11) is -1.47. The largest absolute Gasteiger partial charge is 0.315 e. The number of rotatable bonds is 9. The van der Waals surface area contributed by atoms with E-state index in [2.05, 4.69) is 16.3 Å². The number of thiophene rings is 1. The van der Waals surface area contributed by atoms with Gasteiger partial charge in [-0.15, -0.1) is 11.3 Å². The number of nitrogens with one attached hydrogen (secondary N) is 2. The summed E-state index contributed by atoms with van der Waals surface area (Å²) in [5.41, 5.74) is 0. The summed E-state index contributed by atoms with van der Waals surface area (Å²) < 4.78 is 27.0. The molecule has 0 bridgehead atoms. The van der Waals surface area contributed by atoms with E-state index in [1.54, 1.807) is 17.8 Å². The van der Waals surface area contributed by atoms with Gasteiger partial charge in [-0.25, -0.2) is 13.1 Å². The molecule has 0 amide bonds. The van der Waals surface area contributed by atoms with Crippen LogP contribution in [0.2, 0.25) is 0 Å². The molecule has 2 N–H and O–H groups in total. The van der Waals surface area contributed by atoms with Gasteiger partial charge in [0.2, 0.25) is 10.0 Å². The molecule has 1 rings (SSSR count). The molecule has 0 spiro atoms. The highest BCUT2D eigenvalue weighted by molar-refractivity contribution is 7.98. The molecule has 0 saturated heterocycles. The van der Waals surface area contributed by atoms with Crippen LogP contribution < -0.4 is 10.0 Å². The summed E-state index contributed by atoms with van der Waals surface area (Å²) in [6.45, 7) is 1.22. The van der Waals surface area contributed by atoms with Gasteiger partial charge in [0.15, 0.2) is 0 Å². The summed E-state index contributed by atoms with van der Waals surface area (Å²) in [5, 5.41) is 3.01. The van der Waals surface area contributed by atoms with E-state index in [1.165, 1.54) is 11.3 Å². The molecule has 7 heteroatoms. The lowest BCUT2D eigenvalue weighted by molar-refractivity contribution is 0.580. The van der Waals surface area contributed by atoms with E-state index in [9.17, 15) is 8.42 Å². The third-order valence-electron chi connectivity index (χ3n) is 2.32. The van der Waals surface area contributed by atoms with Crippen LogP contribution in [-0.2, 0) is 16.6 Å². The van der Waals surface area contributed by atoms with Crippen molar-refractivity contribution in [3.63, 3.8) is 0 Å². The summed E-state index contributed by atoms with van der Waals surface area (Å²) in [6.07, 6.45) is 3.98. The van der Waals surface area contributed by atoms with Gasteiger partial charge in [-0.2, -0.15) is 11.8 Å². The van der Waals surface area contributed by atoms with Crippen molar-refractivity contribution in [3.05, 3.63) is 17.0 Å². The molecule has 1 heterocycles. The minimum atomic E-state index is -3.31. The fourth-order valence-electron chi connectivity index (χ4n) is 1.42. The maximum absolute atomic E-state index is 12.0. The minimum absolute atomic E-state index is 0.401. The number of unbranched alkanes of at least 4 members (excludes halogenated alkanes) is 1. The first kappa shape index (κ1) is 16.0. The van der Waals surface area contributed by atoms with Crippen molar-refractivity contribution in [2.45, 2.75) is 23.6 Å². The lowest BCUT2D eigenvalue weighted by atomic mass is 10.3. The highest BCUT2D eigenvalue weighted by Gasteiger charge is 2.15. The van der Waals surface area contributed by atoms with Crippen molar-refractivity contribution in [1.29, 1.82) is 0 Å². The van der Waals surface area contributed by atoms with E-state index >= 15 is 0 Å². The maximum atomic E-state index is 12.0. The zero-order valence-corrected chi connectivity index (χ0v) is 13.2. The first-order valence-electron chi connectivity index (χ1n) is 5.82. The Morgan fingerprint density at radius 1 is 1.33 bits per heavy atom. The van der Waals surface area contributed by atoms with Crippen LogP contribution in [0.1, 0.15) is 17.7 Å². The van der Waals surface area contributed by atoms with E-state index in [4.69, 9.17) is 0 Å². The molecule has 0 aromatic carbocycles. The fourth-order valence-corrected chi connectivity index (χ4v) is 4.40. The van der Waals surface area contributed by atoms with Crippen molar-refractivity contribution in [2.24, 2.45) is 0 Å². The maximum Gasteiger partial charge on any atom is 0.250 e. The van der Waals surface area contributed by atoms with Gasteiger partial charge in [-0.3, -0.25) is 0 Å². The van der Waals surface area contributed by atoms with E-state index in [0.717, 1.165) is 23.5 Å². The monoisotopic (exact) mass is 308 g/mol. The zero-order chi connectivity index (χ0) is 13.4. The quantitative estimate of drug-likeness (QED) is 0.684. The van der Waals surface area contributed by atoms with E-state index in [-0.39, 0.29) is 0 Å². The van der Waals surface area contributed by atoms with Crippen LogP contribution in [0, 0.1) is 0 Å². The lowest BCUT2D eigenvalue weighted by Crippen LogP contribution is -2.24. The second-order valence-electron chi connectivity index (χ2n) is 3.85. The van der Waals surface area contributed by atoms with Gasteiger partial charge in [0.05, 0.1) is 0 Å². The summed E-state index contributed by atoms with van der Waals surface area (Å²) >= 11 is 3.10. The number of hydrogen-bond acceptors (Lipinski definition) is 5. The molecule has 0 fully saturated rings. The Morgan fingerprint density at radius 2 is 2.11 bits per heavy atom. The van der Waals surface area contributed by atoms with Gasteiger partial charge < -0.3 is 5.32 Å². The zero-order valence-electron chi connectivity index (χ0n) is 10.7. The average Bonchev–Trinajstić information content (AvgIpc) is 2.79. The first-order valence-corrected chi connectivity index (χ1v) is 9.51. The second kappa shape index (κ2) is 8.16. The Hall–Kier alpha value is -0.0800. The smallest absolute Gasteiger partial charge is 0.250 e. The second-order valence-corrected chi connectivity index (χ2v) is 8.00. The molecule has 0 unspecified atom stereocenters. The highest BCUT2D eigenvalue weighted by Crippen LogP contribution is 2.21. The van der Waals surface area contributed by atoms with Crippen LogP contribution in [0.15, 0.2) is 16.3 Å². The molecular formula is C11H20N2O2S3. The van der Waals surface area contributed by atoms with Crippen LogP contribution in [0.25, 0.3) is 0 Å². The number of sulfonamides is 1. The first-order chi connectivity index (χ1) is 8.60. The standard InChI is InChI=1S/C11H20N2O2S3/c1-12-9-10-5-6-11(17-10)18(14,15)13-7-3-4-8-16-2/h5-6,12-13H,3-4,7-9H2,1-2H3. The number of hydrogen-bond donors (Lipinski definition) is 2. The fraction of sp³-hybridized carbons (Fsp3) is 0.636. The molecule has 0 radical (unpaired) electrons. The van der Waals surface area contributed by atoms with Gasteiger partial charge in [-0.05, 0) is 44.0 Å². The summed E-state index contributed by atoms with van der Waals surface area (Å²) in [4.78, 5) is 1.03. The molecule has 18 heavy (non-hydrogen) atoms. The Labute approximate surface area is 118 Å². The van der Waals surface area contributed by atoms with Gasteiger partial charge in [-0.1, -0.05) is 0 Å². The normalized spacial score (nSPS) is 11.9. The van der Waals surface area contributed by atoms with Gasteiger partial charge >= 0.3 is 0 Å². The topological polar surface area (TPSA) is 58.2 Å². The van der Waals surface area contributed by atoms with Crippen molar-refractivity contribution >= 4 is 33.1 Å². The Balaban J connectivity index is 2.46. The molecule has 0 saturated carbocycles. The Bertz CT molecular complexity index is 443. The summed E-state index contributed by atoms with van der Waals surface area (Å²) in [6, 6.07) is 3.52. The molecule has 1 aromatic rings. The third kappa shape index (κ3) is 5.27. The molecular weight excluding hydrogens is 288 g/mol. The van der Waals surface area contributed by atoms with Gasteiger partial charge in [0.1, 0.15) is 4.21 Å². The Kier molecular flexibility index (Phi) is 7.25. The third-order valence-corrected chi connectivity index (χ3v) is 6.06. The molecule has 0 aliphatic rings. The molecule has 0 atom stereocenters. The minimum Gasteiger partial charge on any atom is -0.315 e.